The first-order valence-corrected chi connectivity index (χ1v) is 7.44. The van der Waals surface area contributed by atoms with E-state index in [2.05, 4.69) is 22.3 Å². The van der Waals surface area contributed by atoms with Crippen LogP contribution in [0.25, 0.3) is 0 Å². The van der Waals surface area contributed by atoms with E-state index in [0.29, 0.717) is 19.0 Å². The lowest BCUT2D eigenvalue weighted by Crippen LogP contribution is -2.39. The van der Waals surface area contributed by atoms with Crippen LogP contribution in [0.15, 0.2) is 0 Å². The van der Waals surface area contributed by atoms with Gasteiger partial charge in [-0.15, -0.1) is 0 Å². The second kappa shape index (κ2) is 6.83. The van der Waals surface area contributed by atoms with Crippen molar-refractivity contribution in [2.75, 3.05) is 7.11 Å². The maximum atomic E-state index is 11.8. The molecular formula is C14H24N4O2. The van der Waals surface area contributed by atoms with Crippen molar-refractivity contribution in [3.63, 3.8) is 0 Å². The monoisotopic (exact) mass is 280 g/mol. The van der Waals surface area contributed by atoms with E-state index in [-0.39, 0.29) is 12.0 Å². The molecule has 112 valence electrons. The molecule has 1 heterocycles. The van der Waals surface area contributed by atoms with E-state index in [0.717, 1.165) is 37.3 Å². The van der Waals surface area contributed by atoms with Crippen molar-refractivity contribution in [3.8, 4) is 0 Å². The first-order chi connectivity index (χ1) is 9.67. The third kappa shape index (κ3) is 3.79. The van der Waals surface area contributed by atoms with Crippen LogP contribution in [0.1, 0.15) is 44.8 Å². The molecule has 1 atom stereocenters. The molecule has 1 fully saturated rings. The zero-order valence-electron chi connectivity index (χ0n) is 12.6. The minimum atomic E-state index is -0.244. The highest BCUT2D eigenvalue weighted by molar-refractivity contribution is 5.75. The van der Waals surface area contributed by atoms with Crippen molar-refractivity contribution in [1.82, 2.24) is 20.1 Å². The number of aromatic nitrogens is 3. The fourth-order valence-corrected chi connectivity index (χ4v) is 2.21. The minimum absolute atomic E-state index is 0.189. The van der Waals surface area contributed by atoms with E-state index in [9.17, 15) is 4.79 Å². The molecule has 20 heavy (non-hydrogen) atoms. The second-order valence-corrected chi connectivity index (χ2v) is 5.18. The SMILES string of the molecule is CCc1nc(CC)n(CCC(NC2CC2)C(=O)OC)n1. The molecule has 0 spiro atoms. The van der Waals surface area contributed by atoms with Crippen LogP contribution in [0, 0.1) is 0 Å². The molecule has 6 nitrogen and oxygen atoms in total. The molecule has 0 amide bonds. The Bertz CT molecular complexity index is 454. The lowest BCUT2D eigenvalue weighted by Gasteiger charge is -2.16. The lowest BCUT2D eigenvalue weighted by molar-refractivity contribution is -0.143. The molecule has 1 saturated carbocycles. The molecule has 1 unspecified atom stereocenters. The van der Waals surface area contributed by atoms with Gasteiger partial charge in [-0.1, -0.05) is 13.8 Å². The van der Waals surface area contributed by atoms with Gasteiger partial charge in [0.2, 0.25) is 0 Å². The van der Waals surface area contributed by atoms with E-state index in [1.807, 2.05) is 11.6 Å². The number of hydrogen-bond acceptors (Lipinski definition) is 5. The van der Waals surface area contributed by atoms with Gasteiger partial charge in [0.1, 0.15) is 11.9 Å². The number of aryl methyl sites for hydroxylation is 3. The Labute approximate surface area is 119 Å². The van der Waals surface area contributed by atoms with E-state index in [4.69, 9.17) is 4.74 Å². The third-order valence-corrected chi connectivity index (χ3v) is 3.55. The fourth-order valence-electron chi connectivity index (χ4n) is 2.21. The first-order valence-electron chi connectivity index (χ1n) is 7.44. The van der Waals surface area contributed by atoms with Gasteiger partial charge in [0, 0.05) is 25.4 Å². The first kappa shape index (κ1) is 15.0. The summed E-state index contributed by atoms with van der Waals surface area (Å²) in [7, 11) is 1.44. The third-order valence-electron chi connectivity index (χ3n) is 3.55. The topological polar surface area (TPSA) is 69.0 Å². The molecule has 0 bridgehead atoms. The molecular weight excluding hydrogens is 256 g/mol. The Balaban J connectivity index is 1.96. The molecule has 2 rings (SSSR count). The molecule has 1 aliphatic carbocycles. The summed E-state index contributed by atoms with van der Waals surface area (Å²) in [4.78, 5) is 16.3. The van der Waals surface area contributed by atoms with Gasteiger partial charge in [0.15, 0.2) is 5.82 Å². The quantitative estimate of drug-likeness (QED) is 0.722. The van der Waals surface area contributed by atoms with Crippen molar-refractivity contribution in [3.05, 3.63) is 11.6 Å². The zero-order chi connectivity index (χ0) is 14.5. The summed E-state index contributed by atoms with van der Waals surface area (Å²) in [5.41, 5.74) is 0. The molecule has 6 heteroatoms. The second-order valence-electron chi connectivity index (χ2n) is 5.18. The van der Waals surface area contributed by atoms with Crippen LogP contribution < -0.4 is 5.32 Å². The van der Waals surface area contributed by atoms with Crippen LogP contribution in [-0.4, -0.2) is 39.9 Å². The maximum absolute atomic E-state index is 11.8. The maximum Gasteiger partial charge on any atom is 0.322 e. The van der Waals surface area contributed by atoms with Gasteiger partial charge < -0.3 is 10.1 Å². The van der Waals surface area contributed by atoms with Crippen LogP contribution in [0.2, 0.25) is 0 Å². The Morgan fingerprint density at radius 2 is 2.20 bits per heavy atom. The fraction of sp³-hybridized carbons (Fsp3) is 0.786. The average Bonchev–Trinajstić information content (AvgIpc) is 3.20. The standard InChI is InChI=1S/C14H24N4O2/c1-4-12-16-13(5-2)18(17-12)9-8-11(14(19)20-3)15-10-6-7-10/h10-11,15H,4-9H2,1-3H3. The van der Waals surface area contributed by atoms with Gasteiger partial charge in [0.25, 0.3) is 0 Å². The lowest BCUT2D eigenvalue weighted by atomic mass is 10.2. The Morgan fingerprint density at radius 1 is 1.45 bits per heavy atom. The summed E-state index contributed by atoms with van der Waals surface area (Å²) < 4.78 is 6.79. The van der Waals surface area contributed by atoms with Gasteiger partial charge >= 0.3 is 5.97 Å². The molecule has 0 aromatic carbocycles. The summed E-state index contributed by atoms with van der Waals surface area (Å²) in [6, 6.07) is 0.234. The molecule has 1 aromatic rings. The van der Waals surface area contributed by atoms with E-state index >= 15 is 0 Å². The molecule has 0 radical (unpaired) electrons. The summed E-state index contributed by atoms with van der Waals surface area (Å²) in [6.45, 7) is 4.81. The van der Waals surface area contributed by atoms with Crippen LogP contribution >= 0.6 is 0 Å². The number of ether oxygens (including phenoxy) is 1. The molecule has 1 aromatic heterocycles. The number of carbonyl (C=O) groups is 1. The van der Waals surface area contributed by atoms with Crippen molar-refractivity contribution < 1.29 is 9.53 Å². The molecule has 1 N–H and O–H groups in total. The highest BCUT2D eigenvalue weighted by Gasteiger charge is 2.29. The van der Waals surface area contributed by atoms with Crippen LogP contribution in [0.4, 0.5) is 0 Å². The number of nitrogens with zero attached hydrogens (tertiary/aromatic N) is 3. The number of rotatable bonds is 8. The van der Waals surface area contributed by atoms with Gasteiger partial charge in [-0.3, -0.25) is 4.79 Å². The van der Waals surface area contributed by atoms with Gasteiger partial charge in [-0.05, 0) is 19.3 Å². The van der Waals surface area contributed by atoms with Crippen LogP contribution in [-0.2, 0) is 28.9 Å². The Morgan fingerprint density at radius 3 is 2.75 bits per heavy atom. The van der Waals surface area contributed by atoms with E-state index < -0.39 is 0 Å². The van der Waals surface area contributed by atoms with E-state index in [1.165, 1.54) is 7.11 Å². The molecule has 1 aliphatic rings. The normalized spacial score (nSPS) is 16.1. The summed E-state index contributed by atoms with van der Waals surface area (Å²) in [6.07, 6.45) is 4.67. The van der Waals surface area contributed by atoms with Gasteiger partial charge in [-0.2, -0.15) is 5.10 Å². The zero-order valence-corrected chi connectivity index (χ0v) is 12.6. The largest absolute Gasteiger partial charge is 0.468 e. The number of hydrogen-bond donors (Lipinski definition) is 1. The summed E-state index contributed by atoms with van der Waals surface area (Å²) >= 11 is 0. The van der Waals surface area contributed by atoms with Crippen molar-refractivity contribution in [2.24, 2.45) is 0 Å². The predicted octanol–water partition coefficient (Wildman–Crippen LogP) is 1.09. The van der Waals surface area contributed by atoms with Crippen molar-refractivity contribution in [1.29, 1.82) is 0 Å². The Kier molecular flexibility index (Phi) is 5.11. The molecule has 0 aliphatic heterocycles. The average molecular weight is 280 g/mol. The number of methoxy groups -OCH3 is 1. The highest BCUT2D eigenvalue weighted by Crippen LogP contribution is 2.20. The minimum Gasteiger partial charge on any atom is -0.468 e. The predicted molar refractivity (Wildman–Crippen MR) is 75.4 cm³/mol. The van der Waals surface area contributed by atoms with E-state index in [1.54, 1.807) is 0 Å². The summed E-state index contributed by atoms with van der Waals surface area (Å²) in [5, 5.41) is 7.81. The van der Waals surface area contributed by atoms with Crippen LogP contribution in [0.5, 0.6) is 0 Å². The van der Waals surface area contributed by atoms with Gasteiger partial charge in [-0.25, -0.2) is 9.67 Å². The van der Waals surface area contributed by atoms with Crippen molar-refractivity contribution >= 4 is 5.97 Å². The summed E-state index contributed by atoms with van der Waals surface area (Å²) in [5.74, 6) is 1.66. The van der Waals surface area contributed by atoms with Gasteiger partial charge in [0.05, 0.1) is 7.11 Å². The number of esters is 1. The Hall–Kier alpha value is -1.43. The smallest absolute Gasteiger partial charge is 0.322 e. The highest BCUT2D eigenvalue weighted by atomic mass is 16.5. The molecule has 0 saturated heterocycles. The van der Waals surface area contributed by atoms with Crippen molar-refractivity contribution in [2.45, 2.75) is 64.6 Å². The number of nitrogens with one attached hydrogen (secondary N) is 1. The number of carbonyl (C=O) groups excluding carboxylic acids is 1. The van der Waals surface area contributed by atoms with Crippen LogP contribution in [0.3, 0.4) is 0 Å².